The molecule has 3 N–H and O–H groups in total. The molecule has 146 valence electrons. The van der Waals surface area contributed by atoms with Crippen LogP contribution in [0.5, 0.6) is 0 Å². The lowest BCUT2D eigenvalue weighted by Crippen LogP contribution is -2.37. The second kappa shape index (κ2) is 7.28. The van der Waals surface area contributed by atoms with Crippen molar-refractivity contribution in [3.8, 4) is 11.3 Å². The minimum Gasteiger partial charge on any atom is -0.378 e. The van der Waals surface area contributed by atoms with Gasteiger partial charge < -0.3 is 20.7 Å². The largest absolute Gasteiger partial charge is 0.378 e. The summed E-state index contributed by atoms with van der Waals surface area (Å²) in [6.45, 7) is 4.92. The number of nitrogen functional groups attached to an aromatic ring is 1. The maximum absolute atomic E-state index is 5.63. The van der Waals surface area contributed by atoms with Crippen molar-refractivity contribution in [2.24, 2.45) is 0 Å². The Morgan fingerprint density at radius 3 is 2.57 bits per heavy atom. The molecule has 0 atom stereocenters. The van der Waals surface area contributed by atoms with Crippen molar-refractivity contribution in [3.05, 3.63) is 24.4 Å². The lowest BCUT2D eigenvalue weighted by atomic mass is 9.98. The van der Waals surface area contributed by atoms with Gasteiger partial charge in [-0.25, -0.2) is 24.5 Å². The number of rotatable bonds is 3. The van der Waals surface area contributed by atoms with E-state index in [1.54, 1.807) is 12.4 Å². The van der Waals surface area contributed by atoms with Crippen LogP contribution in [-0.4, -0.2) is 68.9 Å². The van der Waals surface area contributed by atoms with Crippen molar-refractivity contribution >= 4 is 17.4 Å². The summed E-state index contributed by atoms with van der Waals surface area (Å²) in [6, 6.07) is 0. The highest BCUT2D eigenvalue weighted by Crippen LogP contribution is 2.28. The molecule has 3 aromatic heterocycles. The van der Waals surface area contributed by atoms with E-state index < -0.39 is 0 Å². The minimum atomic E-state index is 0.243. The smallest absolute Gasteiger partial charge is 0.219 e. The van der Waals surface area contributed by atoms with E-state index in [1.165, 1.54) is 0 Å². The number of nitrogens with zero attached hydrogens (tertiary/aromatic N) is 7. The number of ether oxygens (including phenoxy) is 1. The highest BCUT2D eigenvalue weighted by atomic mass is 16.5. The SMILES string of the molecule is Nc1ncc(-c2cn3nc(C4CCNCC4)nc3c(N3CCOCC3)n2)cn1. The van der Waals surface area contributed by atoms with Crippen LogP contribution >= 0.6 is 0 Å². The fourth-order valence-corrected chi connectivity index (χ4v) is 3.74. The van der Waals surface area contributed by atoms with Crippen LogP contribution in [0.15, 0.2) is 18.6 Å². The van der Waals surface area contributed by atoms with Gasteiger partial charge in [-0.15, -0.1) is 0 Å². The molecule has 10 heteroatoms. The van der Waals surface area contributed by atoms with Crippen molar-refractivity contribution in [2.75, 3.05) is 50.0 Å². The zero-order valence-corrected chi connectivity index (χ0v) is 15.6. The molecule has 0 spiro atoms. The van der Waals surface area contributed by atoms with E-state index in [-0.39, 0.29) is 5.95 Å². The summed E-state index contributed by atoms with van der Waals surface area (Å²) in [5, 5.41) is 8.21. The van der Waals surface area contributed by atoms with Gasteiger partial charge in [0.2, 0.25) is 5.95 Å². The van der Waals surface area contributed by atoms with Crippen LogP contribution in [0.3, 0.4) is 0 Å². The first-order valence-electron chi connectivity index (χ1n) is 9.66. The van der Waals surface area contributed by atoms with Crippen molar-refractivity contribution in [1.82, 2.24) is 34.9 Å². The third-order valence-corrected chi connectivity index (χ3v) is 5.30. The first-order valence-corrected chi connectivity index (χ1v) is 9.66. The zero-order chi connectivity index (χ0) is 18.9. The number of nitrogens with one attached hydrogen (secondary N) is 1. The first kappa shape index (κ1) is 17.3. The molecule has 0 saturated carbocycles. The van der Waals surface area contributed by atoms with E-state index in [0.29, 0.717) is 19.1 Å². The average Bonchev–Trinajstić information content (AvgIpc) is 3.19. The number of aromatic nitrogens is 6. The van der Waals surface area contributed by atoms with Crippen molar-refractivity contribution in [3.63, 3.8) is 0 Å². The molecule has 5 rings (SSSR count). The van der Waals surface area contributed by atoms with Gasteiger partial charge in [-0.05, 0) is 25.9 Å². The summed E-state index contributed by atoms with van der Waals surface area (Å²) in [5.41, 5.74) is 7.96. The number of morpholine rings is 1. The second-order valence-corrected chi connectivity index (χ2v) is 7.14. The van der Waals surface area contributed by atoms with Gasteiger partial charge in [-0.3, -0.25) is 0 Å². The van der Waals surface area contributed by atoms with Gasteiger partial charge in [0.1, 0.15) is 0 Å². The highest BCUT2D eigenvalue weighted by molar-refractivity contribution is 5.69. The molecule has 0 amide bonds. The van der Waals surface area contributed by atoms with Gasteiger partial charge >= 0.3 is 0 Å². The summed E-state index contributed by atoms with van der Waals surface area (Å²) in [6.07, 6.45) is 7.37. The van der Waals surface area contributed by atoms with Crippen LogP contribution in [-0.2, 0) is 4.74 Å². The van der Waals surface area contributed by atoms with E-state index in [0.717, 1.165) is 67.6 Å². The Bertz CT molecular complexity index is 959. The Hall–Kier alpha value is -2.85. The Morgan fingerprint density at radius 1 is 1.07 bits per heavy atom. The van der Waals surface area contributed by atoms with Gasteiger partial charge in [0, 0.05) is 37.0 Å². The van der Waals surface area contributed by atoms with Gasteiger partial charge in [-0.2, -0.15) is 5.10 Å². The quantitative estimate of drug-likeness (QED) is 0.667. The summed E-state index contributed by atoms with van der Waals surface area (Å²) < 4.78 is 7.36. The number of hydrogen-bond acceptors (Lipinski definition) is 9. The molecule has 0 unspecified atom stereocenters. The molecule has 2 fully saturated rings. The maximum Gasteiger partial charge on any atom is 0.219 e. The summed E-state index contributed by atoms with van der Waals surface area (Å²) in [5.74, 6) is 2.34. The molecule has 0 bridgehead atoms. The molecule has 0 aliphatic carbocycles. The average molecular weight is 381 g/mol. The number of hydrogen-bond donors (Lipinski definition) is 2. The summed E-state index contributed by atoms with van der Waals surface area (Å²) >= 11 is 0. The van der Waals surface area contributed by atoms with E-state index >= 15 is 0 Å². The molecule has 28 heavy (non-hydrogen) atoms. The lowest BCUT2D eigenvalue weighted by molar-refractivity contribution is 0.122. The fourth-order valence-electron chi connectivity index (χ4n) is 3.74. The number of fused-ring (bicyclic) bond motifs is 1. The standard InChI is InChI=1S/C18H23N9O/c19-18-21-9-13(10-22-18)14-11-27-17(16(23-14)26-5-7-28-8-6-26)24-15(25-27)12-1-3-20-4-2-12/h9-12,20H,1-8H2,(H2,19,21,22). The molecule has 5 heterocycles. The maximum atomic E-state index is 5.63. The first-order chi connectivity index (χ1) is 13.8. The van der Waals surface area contributed by atoms with Crippen LogP contribution in [0.2, 0.25) is 0 Å². The van der Waals surface area contributed by atoms with Crippen LogP contribution in [0, 0.1) is 0 Å². The van der Waals surface area contributed by atoms with Crippen LogP contribution in [0.25, 0.3) is 16.9 Å². The number of anilines is 2. The Labute approximate surface area is 162 Å². The van der Waals surface area contributed by atoms with Crippen molar-refractivity contribution in [1.29, 1.82) is 0 Å². The van der Waals surface area contributed by atoms with E-state index in [4.69, 9.17) is 25.5 Å². The molecule has 2 saturated heterocycles. The Kier molecular flexibility index (Phi) is 4.49. The normalized spacial score (nSPS) is 18.6. The predicted molar refractivity (Wildman–Crippen MR) is 104 cm³/mol. The second-order valence-electron chi connectivity index (χ2n) is 7.14. The third-order valence-electron chi connectivity index (χ3n) is 5.30. The van der Waals surface area contributed by atoms with Gasteiger partial charge in [-0.1, -0.05) is 0 Å². The molecule has 0 aromatic carbocycles. The molecular formula is C18H23N9O. The van der Waals surface area contributed by atoms with E-state index in [9.17, 15) is 0 Å². The Morgan fingerprint density at radius 2 is 1.82 bits per heavy atom. The topological polar surface area (TPSA) is 119 Å². The summed E-state index contributed by atoms with van der Waals surface area (Å²) in [7, 11) is 0. The number of piperidine rings is 1. The van der Waals surface area contributed by atoms with Crippen LogP contribution in [0.4, 0.5) is 11.8 Å². The van der Waals surface area contributed by atoms with Crippen molar-refractivity contribution < 1.29 is 4.74 Å². The molecule has 3 aromatic rings. The van der Waals surface area contributed by atoms with Crippen LogP contribution in [0.1, 0.15) is 24.6 Å². The van der Waals surface area contributed by atoms with Crippen LogP contribution < -0.4 is 16.0 Å². The molecule has 2 aliphatic heterocycles. The van der Waals surface area contributed by atoms with Crippen molar-refractivity contribution in [2.45, 2.75) is 18.8 Å². The monoisotopic (exact) mass is 381 g/mol. The summed E-state index contributed by atoms with van der Waals surface area (Å²) in [4.78, 5) is 20.2. The number of nitrogens with two attached hydrogens (primary N) is 1. The predicted octanol–water partition coefficient (Wildman–Crippen LogP) is 0.467. The Balaban J connectivity index is 1.61. The molecule has 10 nitrogen and oxygen atoms in total. The highest BCUT2D eigenvalue weighted by Gasteiger charge is 2.24. The molecular weight excluding hydrogens is 358 g/mol. The minimum absolute atomic E-state index is 0.243. The van der Waals surface area contributed by atoms with Gasteiger partial charge in [0.05, 0.1) is 25.1 Å². The molecule has 2 aliphatic rings. The van der Waals surface area contributed by atoms with E-state index in [1.807, 2.05) is 10.7 Å². The lowest BCUT2D eigenvalue weighted by Gasteiger charge is -2.28. The van der Waals surface area contributed by atoms with E-state index in [2.05, 4.69) is 20.2 Å². The third kappa shape index (κ3) is 3.25. The fraction of sp³-hybridized carbons (Fsp3) is 0.500. The van der Waals surface area contributed by atoms with Gasteiger partial charge in [0.15, 0.2) is 17.3 Å². The zero-order valence-electron chi connectivity index (χ0n) is 15.6. The van der Waals surface area contributed by atoms with Gasteiger partial charge in [0.25, 0.3) is 0 Å². The molecule has 0 radical (unpaired) electrons.